The Morgan fingerprint density at radius 2 is 2.26 bits per heavy atom. The molecular formula is C13H14FN3O2. The monoisotopic (exact) mass is 263 g/mol. The molecule has 0 aliphatic heterocycles. The number of aromatic nitrogens is 2. The molecule has 5 nitrogen and oxygen atoms in total. The van der Waals surface area contributed by atoms with Crippen molar-refractivity contribution in [3.05, 3.63) is 41.6 Å². The van der Waals surface area contributed by atoms with Gasteiger partial charge < -0.3 is 10.5 Å². The lowest BCUT2D eigenvalue weighted by molar-refractivity contribution is 0.0521. The molecule has 0 aliphatic carbocycles. The van der Waals surface area contributed by atoms with Crippen LogP contribution >= 0.6 is 0 Å². The molecule has 1 aromatic carbocycles. The van der Waals surface area contributed by atoms with E-state index in [1.807, 2.05) is 0 Å². The summed E-state index contributed by atoms with van der Waals surface area (Å²) in [6, 6.07) is 4.68. The van der Waals surface area contributed by atoms with Crippen molar-refractivity contribution in [1.29, 1.82) is 0 Å². The van der Waals surface area contributed by atoms with Gasteiger partial charge in [0.15, 0.2) is 5.69 Å². The van der Waals surface area contributed by atoms with Gasteiger partial charge in [0.25, 0.3) is 0 Å². The number of benzene rings is 1. The number of carbonyl (C=O) groups excluding carboxylic acids is 1. The summed E-state index contributed by atoms with van der Waals surface area (Å²) >= 11 is 0. The predicted molar refractivity (Wildman–Crippen MR) is 68.6 cm³/mol. The number of nitrogen functional groups attached to an aromatic ring is 1. The standard InChI is InChI=1S/C13H14FN3O2/c1-3-19-13(18)10-12(15)17(7-16-10)11-8(2)5-4-6-9(11)14/h4-7H,3,15H2,1-2H3. The van der Waals surface area contributed by atoms with Gasteiger partial charge >= 0.3 is 5.97 Å². The third kappa shape index (κ3) is 2.29. The number of aryl methyl sites for hydroxylation is 1. The lowest BCUT2D eigenvalue weighted by atomic mass is 10.2. The maximum Gasteiger partial charge on any atom is 0.360 e. The van der Waals surface area contributed by atoms with Crippen LogP contribution in [0.15, 0.2) is 24.5 Å². The number of halogens is 1. The Hall–Kier alpha value is -2.37. The maximum absolute atomic E-state index is 13.9. The second-order valence-electron chi connectivity index (χ2n) is 3.97. The number of nitrogens with zero attached hydrogens (tertiary/aromatic N) is 2. The van der Waals surface area contributed by atoms with Crippen molar-refractivity contribution < 1.29 is 13.9 Å². The molecule has 0 amide bonds. The molecule has 1 heterocycles. The number of ether oxygens (including phenoxy) is 1. The molecule has 0 spiro atoms. The molecule has 19 heavy (non-hydrogen) atoms. The van der Waals surface area contributed by atoms with E-state index in [0.29, 0.717) is 5.56 Å². The topological polar surface area (TPSA) is 70.1 Å². The van der Waals surface area contributed by atoms with Crippen molar-refractivity contribution in [3.63, 3.8) is 0 Å². The van der Waals surface area contributed by atoms with Crippen LogP contribution < -0.4 is 5.73 Å². The summed E-state index contributed by atoms with van der Waals surface area (Å²) in [6.45, 7) is 3.66. The first-order chi connectivity index (χ1) is 9.06. The zero-order valence-corrected chi connectivity index (χ0v) is 10.7. The molecule has 1 aromatic heterocycles. The van der Waals surface area contributed by atoms with Crippen LogP contribution in [0.4, 0.5) is 10.2 Å². The normalized spacial score (nSPS) is 10.5. The number of rotatable bonds is 3. The van der Waals surface area contributed by atoms with Crippen molar-refractivity contribution in [2.24, 2.45) is 0 Å². The molecule has 0 aliphatic rings. The highest BCUT2D eigenvalue weighted by atomic mass is 19.1. The smallest absolute Gasteiger partial charge is 0.360 e. The summed E-state index contributed by atoms with van der Waals surface area (Å²) in [5.74, 6) is -0.987. The molecule has 0 unspecified atom stereocenters. The first-order valence-electron chi connectivity index (χ1n) is 5.81. The number of hydrogen-bond acceptors (Lipinski definition) is 4. The molecule has 0 atom stereocenters. The SMILES string of the molecule is CCOC(=O)c1ncn(-c2c(C)cccc2F)c1N. The van der Waals surface area contributed by atoms with E-state index in [4.69, 9.17) is 10.5 Å². The summed E-state index contributed by atoms with van der Waals surface area (Å²) in [6.07, 6.45) is 1.31. The van der Waals surface area contributed by atoms with Crippen LogP contribution in [0.25, 0.3) is 5.69 Å². The van der Waals surface area contributed by atoms with Gasteiger partial charge in [-0.25, -0.2) is 14.2 Å². The van der Waals surface area contributed by atoms with E-state index in [2.05, 4.69) is 4.98 Å². The summed E-state index contributed by atoms with van der Waals surface area (Å²) in [5.41, 5.74) is 6.80. The van der Waals surface area contributed by atoms with Crippen LogP contribution in [0.2, 0.25) is 0 Å². The number of nitrogens with two attached hydrogens (primary N) is 1. The van der Waals surface area contributed by atoms with E-state index in [9.17, 15) is 9.18 Å². The van der Waals surface area contributed by atoms with E-state index in [0.717, 1.165) is 0 Å². The molecule has 0 fully saturated rings. The van der Waals surface area contributed by atoms with Gasteiger partial charge in [-0.1, -0.05) is 12.1 Å². The zero-order chi connectivity index (χ0) is 14.0. The fourth-order valence-electron chi connectivity index (χ4n) is 1.82. The summed E-state index contributed by atoms with van der Waals surface area (Å²) in [4.78, 5) is 15.5. The fourth-order valence-corrected chi connectivity index (χ4v) is 1.82. The number of carbonyl (C=O) groups is 1. The van der Waals surface area contributed by atoms with E-state index in [1.165, 1.54) is 17.0 Å². The van der Waals surface area contributed by atoms with Gasteiger partial charge in [0.05, 0.1) is 12.3 Å². The minimum Gasteiger partial charge on any atom is -0.461 e. The summed E-state index contributed by atoms with van der Waals surface area (Å²) in [7, 11) is 0. The molecule has 0 bridgehead atoms. The number of esters is 1. The lowest BCUT2D eigenvalue weighted by Gasteiger charge is -2.09. The third-order valence-corrected chi connectivity index (χ3v) is 2.70. The second kappa shape index (κ2) is 5.09. The number of hydrogen-bond donors (Lipinski definition) is 1. The highest BCUT2D eigenvalue weighted by Crippen LogP contribution is 2.23. The largest absolute Gasteiger partial charge is 0.461 e. The van der Waals surface area contributed by atoms with E-state index in [1.54, 1.807) is 26.0 Å². The highest BCUT2D eigenvalue weighted by Gasteiger charge is 2.19. The molecule has 100 valence electrons. The van der Waals surface area contributed by atoms with Gasteiger partial charge in [-0.05, 0) is 25.5 Å². The van der Waals surface area contributed by atoms with Crippen molar-refractivity contribution in [2.45, 2.75) is 13.8 Å². The van der Waals surface area contributed by atoms with Crippen LogP contribution in [0.3, 0.4) is 0 Å². The van der Waals surface area contributed by atoms with Crippen LogP contribution in [0.1, 0.15) is 23.0 Å². The Morgan fingerprint density at radius 3 is 2.89 bits per heavy atom. The molecular weight excluding hydrogens is 249 g/mol. The van der Waals surface area contributed by atoms with Gasteiger partial charge in [0, 0.05) is 0 Å². The van der Waals surface area contributed by atoms with Gasteiger partial charge in [-0.15, -0.1) is 0 Å². The minimum absolute atomic E-state index is 0.00972. The molecule has 0 saturated carbocycles. The van der Waals surface area contributed by atoms with Crippen molar-refractivity contribution in [1.82, 2.24) is 9.55 Å². The number of imidazole rings is 1. The molecule has 6 heteroatoms. The quantitative estimate of drug-likeness (QED) is 0.861. The average Bonchev–Trinajstić information content (AvgIpc) is 2.72. The highest BCUT2D eigenvalue weighted by molar-refractivity contribution is 5.92. The van der Waals surface area contributed by atoms with Crippen molar-refractivity contribution in [3.8, 4) is 5.69 Å². The van der Waals surface area contributed by atoms with Gasteiger partial charge in [0.1, 0.15) is 18.0 Å². The number of para-hydroxylation sites is 1. The first kappa shape index (κ1) is 13.1. The Bertz CT molecular complexity index is 602. The van der Waals surface area contributed by atoms with Gasteiger partial charge in [0.2, 0.25) is 0 Å². The lowest BCUT2D eigenvalue weighted by Crippen LogP contribution is -2.10. The van der Waals surface area contributed by atoms with Crippen LogP contribution in [-0.2, 0) is 4.74 Å². The van der Waals surface area contributed by atoms with Gasteiger partial charge in [-0.3, -0.25) is 4.57 Å². The Kier molecular flexibility index (Phi) is 3.50. The number of anilines is 1. The fraction of sp³-hybridized carbons (Fsp3) is 0.231. The van der Waals surface area contributed by atoms with Crippen molar-refractivity contribution in [2.75, 3.05) is 12.3 Å². The molecule has 2 rings (SSSR count). The second-order valence-corrected chi connectivity index (χ2v) is 3.97. The minimum atomic E-state index is -0.618. The third-order valence-electron chi connectivity index (χ3n) is 2.70. The van der Waals surface area contributed by atoms with Crippen LogP contribution in [0, 0.1) is 12.7 Å². The van der Waals surface area contributed by atoms with E-state index < -0.39 is 11.8 Å². The van der Waals surface area contributed by atoms with Gasteiger partial charge in [-0.2, -0.15) is 0 Å². The van der Waals surface area contributed by atoms with Crippen LogP contribution in [-0.4, -0.2) is 22.1 Å². The molecule has 2 aromatic rings. The summed E-state index contributed by atoms with van der Waals surface area (Å²) in [5, 5.41) is 0. The van der Waals surface area contributed by atoms with Crippen molar-refractivity contribution >= 4 is 11.8 Å². The van der Waals surface area contributed by atoms with E-state index >= 15 is 0 Å². The Labute approximate surface area is 109 Å². The summed E-state index contributed by atoms with van der Waals surface area (Å²) < 4.78 is 20.0. The zero-order valence-electron chi connectivity index (χ0n) is 10.7. The van der Waals surface area contributed by atoms with E-state index in [-0.39, 0.29) is 23.8 Å². The maximum atomic E-state index is 13.9. The first-order valence-corrected chi connectivity index (χ1v) is 5.81. The Balaban J connectivity index is 2.51. The molecule has 0 radical (unpaired) electrons. The molecule has 0 saturated heterocycles. The molecule has 2 N–H and O–H groups in total. The van der Waals surface area contributed by atoms with Crippen LogP contribution in [0.5, 0.6) is 0 Å². The Morgan fingerprint density at radius 1 is 1.53 bits per heavy atom. The average molecular weight is 263 g/mol. The predicted octanol–water partition coefficient (Wildman–Crippen LogP) is 2.08.